The molecule has 0 aliphatic heterocycles. The Morgan fingerprint density at radius 2 is 2.05 bits per heavy atom. The van der Waals surface area contributed by atoms with Crippen LogP contribution in [0.5, 0.6) is 0 Å². The summed E-state index contributed by atoms with van der Waals surface area (Å²) in [5.74, 6) is -0.686. The number of nitrogens with zero attached hydrogens (tertiary/aromatic N) is 1. The number of amides is 1. The molecule has 0 saturated heterocycles. The molecule has 1 heterocycles. The van der Waals surface area contributed by atoms with Gasteiger partial charge in [0, 0.05) is 6.20 Å². The summed E-state index contributed by atoms with van der Waals surface area (Å²) in [7, 11) is 0. The van der Waals surface area contributed by atoms with E-state index in [1.165, 1.54) is 0 Å². The fraction of sp³-hybridized carbons (Fsp3) is 0.533. The summed E-state index contributed by atoms with van der Waals surface area (Å²) in [6.45, 7) is 8.87. The van der Waals surface area contributed by atoms with Gasteiger partial charge in [-0.1, -0.05) is 6.07 Å². The molecule has 1 N–H and O–H groups in total. The first kappa shape index (κ1) is 16.1. The molecule has 0 spiro atoms. The zero-order valence-electron chi connectivity index (χ0n) is 12.7. The number of hydrogen-bond acceptors (Lipinski definition) is 4. The highest BCUT2D eigenvalue weighted by atomic mass is 16.6. The lowest BCUT2D eigenvalue weighted by Crippen LogP contribution is -2.42. The highest BCUT2D eigenvalue weighted by Gasteiger charge is 2.23. The average molecular weight is 278 g/mol. The van der Waals surface area contributed by atoms with Crippen molar-refractivity contribution in [2.45, 2.75) is 52.7 Å². The number of hydrogen-bond donors (Lipinski definition) is 1. The minimum absolute atomic E-state index is 0.153. The number of carbonyl (C=O) groups excluding carboxylic acids is 2. The number of esters is 1. The molecule has 0 unspecified atom stereocenters. The van der Waals surface area contributed by atoms with Crippen molar-refractivity contribution in [1.82, 2.24) is 10.3 Å². The second-order valence-electron chi connectivity index (χ2n) is 5.77. The Hall–Kier alpha value is -1.91. The van der Waals surface area contributed by atoms with Gasteiger partial charge in [-0.15, -0.1) is 0 Å². The average Bonchev–Trinajstić information content (AvgIpc) is 2.29. The van der Waals surface area contributed by atoms with Gasteiger partial charge in [0.25, 0.3) is 0 Å². The normalized spacial score (nSPS) is 12.7. The standard InChI is InChI=1S/C15H22N2O3/c1-10-7-6-8-16-12(10)9-13(18)17-11(2)14(19)20-15(3,4)5/h6-8,11H,9H2,1-5H3,(H,17,18)/t11-/m1/s1. The molecule has 0 aliphatic carbocycles. The fourth-order valence-electron chi connectivity index (χ4n) is 1.60. The van der Waals surface area contributed by atoms with E-state index in [9.17, 15) is 9.59 Å². The van der Waals surface area contributed by atoms with E-state index >= 15 is 0 Å². The topological polar surface area (TPSA) is 68.3 Å². The molecule has 0 radical (unpaired) electrons. The van der Waals surface area contributed by atoms with Crippen molar-refractivity contribution in [3.05, 3.63) is 29.6 Å². The van der Waals surface area contributed by atoms with Crippen molar-refractivity contribution < 1.29 is 14.3 Å². The van der Waals surface area contributed by atoms with E-state index in [1.807, 2.05) is 19.1 Å². The van der Waals surface area contributed by atoms with Gasteiger partial charge in [0.05, 0.1) is 12.1 Å². The molecule has 0 aromatic carbocycles. The molecule has 0 bridgehead atoms. The molecule has 5 heteroatoms. The van der Waals surface area contributed by atoms with Crippen LogP contribution < -0.4 is 5.32 Å². The zero-order valence-corrected chi connectivity index (χ0v) is 12.7. The van der Waals surface area contributed by atoms with Crippen LogP contribution >= 0.6 is 0 Å². The summed E-state index contributed by atoms with van der Waals surface area (Å²) < 4.78 is 5.21. The third-order valence-corrected chi connectivity index (χ3v) is 2.58. The Kier molecular flexibility index (Phi) is 5.25. The van der Waals surface area contributed by atoms with Gasteiger partial charge < -0.3 is 10.1 Å². The Morgan fingerprint density at radius 1 is 1.40 bits per heavy atom. The number of aromatic nitrogens is 1. The summed E-state index contributed by atoms with van der Waals surface area (Å²) in [5, 5.41) is 2.62. The molecule has 1 aromatic heterocycles. The first-order valence-corrected chi connectivity index (χ1v) is 6.62. The van der Waals surface area contributed by atoms with Crippen molar-refractivity contribution in [2.75, 3.05) is 0 Å². The highest BCUT2D eigenvalue weighted by molar-refractivity contribution is 5.85. The second kappa shape index (κ2) is 6.50. The van der Waals surface area contributed by atoms with E-state index in [0.717, 1.165) is 5.56 Å². The van der Waals surface area contributed by atoms with E-state index in [0.29, 0.717) is 5.69 Å². The number of ether oxygens (including phenoxy) is 1. The van der Waals surface area contributed by atoms with Gasteiger partial charge in [0.2, 0.25) is 5.91 Å². The van der Waals surface area contributed by atoms with Gasteiger partial charge in [-0.2, -0.15) is 0 Å². The molecule has 110 valence electrons. The lowest BCUT2D eigenvalue weighted by Gasteiger charge is -2.22. The van der Waals surface area contributed by atoms with E-state index in [2.05, 4.69) is 10.3 Å². The van der Waals surface area contributed by atoms with Crippen LogP contribution in [0, 0.1) is 6.92 Å². The number of nitrogens with one attached hydrogen (secondary N) is 1. The second-order valence-corrected chi connectivity index (χ2v) is 5.77. The minimum atomic E-state index is -0.675. The molecule has 0 fully saturated rings. The van der Waals surface area contributed by atoms with Gasteiger partial charge in [0.15, 0.2) is 0 Å². The first-order valence-electron chi connectivity index (χ1n) is 6.62. The third-order valence-electron chi connectivity index (χ3n) is 2.58. The van der Waals surface area contributed by atoms with Crippen LogP contribution in [0.2, 0.25) is 0 Å². The van der Waals surface area contributed by atoms with Crippen LogP contribution in [-0.4, -0.2) is 28.5 Å². The monoisotopic (exact) mass is 278 g/mol. The van der Waals surface area contributed by atoms with E-state index in [4.69, 9.17) is 4.74 Å². The lowest BCUT2D eigenvalue weighted by molar-refractivity contribution is -0.158. The van der Waals surface area contributed by atoms with Gasteiger partial charge in [-0.25, -0.2) is 4.79 Å². The van der Waals surface area contributed by atoms with Crippen LogP contribution in [0.4, 0.5) is 0 Å². The number of rotatable bonds is 4. The molecule has 0 aliphatic rings. The Labute approximate surface area is 119 Å². The summed E-state index contributed by atoms with van der Waals surface area (Å²) >= 11 is 0. The largest absolute Gasteiger partial charge is 0.458 e. The van der Waals surface area contributed by atoms with Crippen molar-refractivity contribution in [3.8, 4) is 0 Å². The molecular formula is C15H22N2O3. The number of carbonyl (C=O) groups is 2. The van der Waals surface area contributed by atoms with Gasteiger partial charge >= 0.3 is 5.97 Å². The molecule has 0 saturated carbocycles. The summed E-state index contributed by atoms with van der Waals surface area (Å²) in [4.78, 5) is 27.8. The maximum atomic E-state index is 11.9. The Bertz CT molecular complexity index is 492. The van der Waals surface area contributed by atoms with Crippen LogP contribution in [0.3, 0.4) is 0 Å². The van der Waals surface area contributed by atoms with Gasteiger partial charge in [-0.05, 0) is 46.2 Å². The van der Waals surface area contributed by atoms with E-state index in [-0.39, 0.29) is 12.3 Å². The van der Waals surface area contributed by atoms with Crippen LogP contribution in [0.25, 0.3) is 0 Å². The van der Waals surface area contributed by atoms with Crippen LogP contribution in [0.15, 0.2) is 18.3 Å². The van der Waals surface area contributed by atoms with Crippen LogP contribution in [0.1, 0.15) is 39.0 Å². The molecule has 1 rings (SSSR count). The molecule has 1 amide bonds. The maximum absolute atomic E-state index is 11.9. The predicted molar refractivity (Wildman–Crippen MR) is 76.1 cm³/mol. The first-order chi connectivity index (χ1) is 9.19. The molecular weight excluding hydrogens is 256 g/mol. The quantitative estimate of drug-likeness (QED) is 0.852. The van der Waals surface area contributed by atoms with Crippen molar-refractivity contribution in [2.24, 2.45) is 0 Å². The molecule has 20 heavy (non-hydrogen) atoms. The molecule has 5 nitrogen and oxygen atoms in total. The van der Waals surface area contributed by atoms with Crippen molar-refractivity contribution >= 4 is 11.9 Å². The third kappa shape index (κ3) is 5.38. The van der Waals surface area contributed by atoms with Crippen molar-refractivity contribution in [1.29, 1.82) is 0 Å². The van der Waals surface area contributed by atoms with Crippen molar-refractivity contribution in [3.63, 3.8) is 0 Å². The van der Waals surface area contributed by atoms with Crippen LogP contribution in [-0.2, 0) is 20.7 Å². The lowest BCUT2D eigenvalue weighted by atomic mass is 10.1. The minimum Gasteiger partial charge on any atom is -0.458 e. The number of aryl methyl sites for hydroxylation is 1. The highest BCUT2D eigenvalue weighted by Crippen LogP contribution is 2.09. The van der Waals surface area contributed by atoms with Gasteiger partial charge in [-0.3, -0.25) is 9.78 Å². The Morgan fingerprint density at radius 3 is 2.60 bits per heavy atom. The molecule has 1 aromatic rings. The van der Waals surface area contributed by atoms with E-state index in [1.54, 1.807) is 33.9 Å². The SMILES string of the molecule is Cc1cccnc1CC(=O)N[C@H](C)C(=O)OC(C)(C)C. The summed E-state index contributed by atoms with van der Waals surface area (Å²) in [6, 6.07) is 3.04. The fourth-order valence-corrected chi connectivity index (χ4v) is 1.60. The summed E-state index contributed by atoms with van der Waals surface area (Å²) in [5.41, 5.74) is 1.10. The van der Waals surface area contributed by atoms with Gasteiger partial charge in [0.1, 0.15) is 11.6 Å². The smallest absolute Gasteiger partial charge is 0.328 e. The Balaban J connectivity index is 2.54. The maximum Gasteiger partial charge on any atom is 0.328 e. The summed E-state index contributed by atoms with van der Waals surface area (Å²) in [6.07, 6.45) is 1.80. The number of pyridine rings is 1. The predicted octanol–water partition coefficient (Wildman–Crippen LogP) is 1.78. The van der Waals surface area contributed by atoms with E-state index < -0.39 is 17.6 Å². The zero-order chi connectivity index (χ0) is 15.3. The molecule has 1 atom stereocenters.